The fraction of sp³-hybridized carbons (Fsp3) is 0.455. The fourth-order valence-electron chi connectivity index (χ4n) is 8.20. The summed E-state index contributed by atoms with van der Waals surface area (Å²) in [5.41, 5.74) is 2.72. The first-order valence-corrected chi connectivity index (χ1v) is 19.9. The molecule has 2 aliphatic rings. The minimum Gasteiger partial charge on any atom is -0.453 e. The number of alkyl carbamates (subject to hydrolysis) is 2. The number of ether oxygens (including phenoxy) is 2. The van der Waals surface area contributed by atoms with Crippen LogP contribution in [0.15, 0.2) is 66.9 Å². The summed E-state index contributed by atoms with van der Waals surface area (Å²) < 4.78 is 9.51. The van der Waals surface area contributed by atoms with Crippen LogP contribution in [0.2, 0.25) is 0 Å². The smallest absolute Gasteiger partial charge is 0.407 e. The lowest BCUT2D eigenvalue weighted by molar-refractivity contribution is -0.144. The highest BCUT2D eigenvalue weighted by Gasteiger charge is 2.48. The van der Waals surface area contributed by atoms with E-state index in [1.165, 1.54) is 14.2 Å². The second-order valence-electron chi connectivity index (χ2n) is 16.4. The molecule has 4 aromatic rings. The lowest BCUT2D eigenvalue weighted by atomic mass is 9.94. The quantitative estimate of drug-likeness (QED) is 0.128. The van der Waals surface area contributed by atoms with E-state index in [1.54, 1.807) is 18.0 Å². The minimum atomic E-state index is -1.08. The van der Waals surface area contributed by atoms with Crippen molar-refractivity contribution in [2.75, 3.05) is 32.6 Å². The Morgan fingerprint density at radius 3 is 1.86 bits per heavy atom. The molecule has 5 amide bonds. The van der Waals surface area contributed by atoms with E-state index in [9.17, 15) is 24.0 Å². The summed E-state index contributed by atoms with van der Waals surface area (Å²) in [6, 6.07) is 18.6. The van der Waals surface area contributed by atoms with E-state index < -0.39 is 35.3 Å². The molecule has 4 atom stereocenters. The number of fused-ring (bicyclic) bond motifs is 1. The maximum absolute atomic E-state index is 13.8. The maximum Gasteiger partial charge on any atom is 0.407 e. The van der Waals surface area contributed by atoms with Crippen molar-refractivity contribution in [2.45, 2.75) is 90.4 Å². The van der Waals surface area contributed by atoms with Crippen LogP contribution in [0.25, 0.3) is 33.2 Å². The molecule has 58 heavy (non-hydrogen) atoms. The molecular weight excluding hydrogens is 739 g/mol. The molecule has 14 heteroatoms. The summed E-state index contributed by atoms with van der Waals surface area (Å²) in [5.74, 6) is -0.392. The van der Waals surface area contributed by atoms with Crippen LogP contribution >= 0.6 is 0 Å². The molecule has 1 aromatic heterocycles. The van der Waals surface area contributed by atoms with Crippen molar-refractivity contribution in [3.63, 3.8) is 0 Å². The molecule has 2 saturated heterocycles. The van der Waals surface area contributed by atoms with Crippen LogP contribution in [0.4, 0.5) is 15.3 Å². The zero-order chi connectivity index (χ0) is 41.9. The SMILES string of the molecule is COC(=O)N[C@H](C(=O)N1CCC[C@@]1(C)c1ncc(-c2ccc(-c3ccc4cc(NC(=O)[C@@]5(C)CCCN5C(=O)[C@@H](NC(=O)OC)C(C)C)ccc4c3)cc2)[nH]1)C(C)C. The maximum atomic E-state index is 13.8. The number of H-pyrrole nitrogens is 1. The van der Waals surface area contributed by atoms with Gasteiger partial charge in [-0.05, 0) is 97.0 Å². The number of imidazole rings is 1. The highest BCUT2D eigenvalue weighted by molar-refractivity contribution is 6.03. The molecule has 308 valence electrons. The Morgan fingerprint density at radius 1 is 0.707 bits per heavy atom. The fourth-order valence-corrected chi connectivity index (χ4v) is 8.20. The Balaban J connectivity index is 1.14. The number of hydrogen-bond acceptors (Lipinski definition) is 8. The Kier molecular flexibility index (Phi) is 12.1. The van der Waals surface area contributed by atoms with Crippen LogP contribution in [-0.2, 0) is 29.4 Å². The monoisotopic (exact) mass is 793 g/mol. The molecule has 6 rings (SSSR count). The highest BCUT2D eigenvalue weighted by atomic mass is 16.5. The van der Waals surface area contributed by atoms with Crippen LogP contribution in [-0.4, -0.2) is 94.6 Å². The standard InChI is InChI=1S/C44H55N7O7/c1-26(2)35(48-41(55)57-7)37(52)50-21-9-19-43(50,5)39-45-25-34(47-39)29-13-11-28(12-14-29)30-15-16-32-24-33(18-17-31(32)23-30)46-40(54)44(6)20-10-22-51(44)38(53)36(27(3)4)49-42(56)58-8/h11-18,23-27,35-36H,9-10,19-22H2,1-8H3,(H,45,47)(H,46,54)(H,48,55)(H,49,56)/t35-,36-,43-,44+/m0/s1. The van der Waals surface area contributed by atoms with E-state index in [4.69, 9.17) is 14.5 Å². The Hall–Kier alpha value is -5.92. The number of nitrogens with zero attached hydrogens (tertiary/aromatic N) is 3. The number of aromatic amines is 1. The van der Waals surface area contributed by atoms with E-state index in [-0.39, 0.29) is 29.6 Å². The van der Waals surface area contributed by atoms with Gasteiger partial charge in [-0.15, -0.1) is 0 Å². The first-order valence-electron chi connectivity index (χ1n) is 19.9. The van der Waals surface area contributed by atoms with Crippen LogP contribution in [0.1, 0.15) is 73.1 Å². The molecule has 0 radical (unpaired) electrons. The molecule has 0 aliphatic carbocycles. The molecule has 0 unspecified atom stereocenters. The summed E-state index contributed by atoms with van der Waals surface area (Å²) >= 11 is 0. The molecule has 14 nitrogen and oxygen atoms in total. The average Bonchev–Trinajstić information content (AvgIpc) is 3.97. The molecule has 0 spiro atoms. The molecule has 3 aromatic carbocycles. The van der Waals surface area contributed by atoms with Gasteiger partial charge in [0.05, 0.1) is 31.6 Å². The van der Waals surface area contributed by atoms with Gasteiger partial charge in [-0.2, -0.15) is 0 Å². The topological polar surface area (TPSA) is 175 Å². The van der Waals surface area contributed by atoms with Crippen molar-refractivity contribution >= 4 is 46.4 Å². The van der Waals surface area contributed by atoms with Gasteiger partial charge < -0.3 is 40.2 Å². The number of likely N-dealkylation sites (tertiary alicyclic amines) is 2. The largest absolute Gasteiger partial charge is 0.453 e. The molecule has 0 bridgehead atoms. The predicted molar refractivity (Wildman–Crippen MR) is 222 cm³/mol. The molecular formula is C44H55N7O7. The van der Waals surface area contributed by atoms with Gasteiger partial charge in [-0.3, -0.25) is 14.4 Å². The zero-order valence-electron chi connectivity index (χ0n) is 34.6. The van der Waals surface area contributed by atoms with Gasteiger partial charge in [0.1, 0.15) is 23.4 Å². The third-order valence-corrected chi connectivity index (χ3v) is 11.8. The third kappa shape index (κ3) is 8.23. The van der Waals surface area contributed by atoms with Crippen LogP contribution < -0.4 is 16.0 Å². The summed E-state index contributed by atoms with van der Waals surface area (Å²) in [7, 11) is 2.54. The Bertz CT molecular complexity index is 2180. The Labute approximate surface area is 339 Å². The first kappa shape index (κ1) is 41.7. The second kappa shape index (κ2) is 16.9. The zero-order valence-corrected chi connectivity index (χ0v) is 34.6. The van der Waals surface area contributed by atoms with E-state index in [2.05, 4.69) is 39.1 Å². The van der Waals surface area contributed by atoms with Gasteiger partial charge in [0.2, 0.25) is 17.7 Å². The lowest BCUT2D eigenvalue weighted by Gasteiger charge is -2.37. The summed E-state index contributed by atoms with van der Waals surface area (Å²) in [6.07, 6.45) is 3.19. The van der Waals surface area contributed by atoms with Crippen LogP contribution in [0.3, 0.4) is 0 Å². The van der Waals surface area contributed by atoms with Crippen LogP contribution in [0, 0.1) is 11.8 Å². The van der Waals surface area contributed by atoms with E-state index >= 15 is 0 Å². The second-order valence-corrected chi connectivity index (χ2v) is 16.4. The van der Waals surface area contributed by atoms with Gasteiger partial charge in [0.15, 0.2) is 0 Å². The Morgan fingerprint density at radius 2 is 1.24 bits per heavy atom. The molecule has 2 fully saturated rings. The summed E-state index contributed by atoms with van der Waals surface area (Å²) in [5, 5.41) is 10.3. The van der Waals surface area contributed by atoms with Gasteiger partial charge in [0.25, 0.3) is 0 Å². The van der Waals surface area contributed by atoms with Crippen molar-refractivity contribution in [3.05, 3.63) is 72.7 Å². The highest BCUT2D eigenvalue weighted by Crippen LogP contribution is 2.39. The average molecular weight is 794 g/mol. The van der Waals surface area contributed by atoms with E-state index in [0.717, 1.165) is 46.0 Å². The number of rotatable bonds is 11. The number of carbonyl (C=O) groups is 5. The number of aromatic nitrogens is 2. The number of methoxy groups -OCH3 is 2. The predicted octanol–water partition coefficient (Wildman–Crippen LogP) is 6.82. The molecule has 0 saturated carbocycles. The molecule has 3 heterocycles. The lowest BCUT2D eigenvalue weighted by Crippen LogP contribution is -2.59. The van der Waals surface area contributed by atoms with E-state index in [1.807, 2.05) is 82.0 Å². The molecule has 2 aliphatic heterocycles. The van der Waals surface area contributed by atoms with E-state index in [0.29, 0.717) is 37.4 Å². The number of nitrogens with one attached hydrogen (secondary N) is 4. The minimum absolute atomic E-state index is 0.129. The van der Waals surface area contributed by atoms with Crippen molar-refractivity contribution in [2.24, 2.45) is 11.8 Å². The summed E-state index contributed by atoms with van der Waals surface area (Å²) in [4.78, 5) is 76.8. The first-order chi connectivity index (χ1) is 27.6. The van der Waals surface area contributed by atoms with Gasteiger partial charge in [-0.1, -0.05) is 70.2 Å². The number of benzene rings is 3. The van der Waals surface area contributed by atoms with Crippen LogP contribution in [0.5, 0.6) is 0 Å². The van der Waals surface area contributed by atoms with Gasteiger partial charge in [0, 0.05) is 18.8 Å². The third-order valence-electron chi connectivity index (χ3n) is 11.8. The van der Waals surface area contributed by atoms with Crippen molar-refractivity contribution in [3.8, 4) is 22.4 Å². The van der Waals surface area contributed by atoms with Crippen molar-refractivity contribution in [1.29, 1.82) is 0 Å². The number of amides is 5. The van der Waals surface area contributed by atoms with Crippen molar-refractivity contribution in [1.82, 2.24) is 30.4 Å². The van der Waals surface area contributed by atoms with Gasteiger partial charge in [-0.25, -0.2) is 14.6 Å². The summed E-state index contributed by atoms with van der Waals surface area (Å²) in [6.45, 7) is 12.2. The van der Waals surface area contributed by atoms with Crippen molar-refractivity contribution < 1.29 is 33.4 Å². The van der Waals surface area contributed by atoms with Gasteiger partial charge >= 0.3 is 12.2 Å². The normalized spacial score (nSPS) is 20.2. The molecule has 4 N–H and O–H groups in total. The number of hydrogen-bond donors (Lipinski definition) is 4. The number of anilines is 1. The number of carbonyl (C=O) groups excluding carboxylic acids is 5.